The number of carbonyl (C=O) groups is 1. The van der Waals surface area contributed by atoms with E-state index in [2.05, 4.69) is 48.3 Å². The summed E-state index contributed by atoms with van der Waals surface area (Å²) in [6.45, 7) is 7.09. The maximum atomic E-state index is 12.2. The number of likely N-dealkylation sites (tertiary alicyclic amines) is 1. The van der Waals surface area contributed by atoms with Gasteiger partial charge in [-0.05, 0) is 30.9 Å². The van der Waals surface area contributed by atoms with Gasteiger partial charge in [0, 0.05) is 25.6 Å². The predicted molar refractivity (Wildman–Crippen MR) is 87.1 cm³/mol. The van der Waals surface area contributed by atoms with Crippen LogP contribution in [0.15, 0.2) is 30.3 Å². The van der Waals surface area contributed by atoms with Crippen LogP contribution in [0.25, 0.3) is 0 Å². The molecule has 2 atom stereocenters. The SMILES string of the molecule is CCCNC(CN1CC(CCC)CC1=O)c1ccccc1. The Morgan fingerprint density at radius 2 is 2.00 bits per heavy atom. The van der Waals surface area contributed by atoms with Crippen LogP contribution >= 0.6 is 0 Å². The van der Waals surface area contributed by atoms with Gasteiger partial charge in [0.15, 0.2) is 0 Å². The molecule has 0 spiro atoms. The zero-order valence-corrected chi connectivity index (χ0v) is 13.3. The van der Waals surface area contributed by atoms with Crippen LogP contribution in [0.2, 0.25) is 0 Å². The Labute approximate surface area is 128 Å². The van der Waals surface area contributed by atoms with Crippen molar-refractivity contribution in [1.29, 1.82) is 0 Å². The van der Waals surface area contributed by atoms with E-state index in [1.807, 2.05) is 6.07 Å². The van der Waals surface area contributed by atoms with E-state index in [-0.39, 0.29) is 6.04 Å². The van der Waals surface area contributed by atoms with E-state index in [9.17, 15) is 4.79 Å². The average molecular weight is 288 g/mol. The summed E-state index contributed by atoms with van der Waals surface area (Å²) in [6, 6.07) is 10.7. The summed E-state index contributed by atoms with van der Waals surface area (Å²) in [4.78, 5) is 14.3. The molecule has 1 saturated heterocycles. The van der Waals surface area contributed by atoms with Gasteiger partial charge in [0.05, 0.1) is 0 Å². The summed E-state index contributed by atoms with van der Waals surface area (Å²) in [7, 11) is 0. The number of hydrogen-bond acceptors (Lipinski definition) is 2. The molecule has 1 aromatic rings. The third-order valence-electron chi connectivity index (χ3n) is 4.24. The van der Waals surface area contributed by atoms with Crippen LogP contribution in [-0.2, 0) is 4.79 Å². The molecule has 1 aliphatic heterocycles. The van der Waals surface area contributed by atoms with Crippen LogP contribution in [0.4, 0.5) is 0 Å². The topological polar surface area (TPSA) is 32.3 Å². The first kappa shape index (κ1) is 16.0. The Kier molecular flexibility index (Phi) is 6.24. The average Bonchev–Trinajstić information content (AvgIpc) is 2.84. The number of carbonyl (C=O) groups excluding carboxylic acids is 1. The van der Waals surface area contributed by atoms with Crippen LogP contribution in [0, 0.1) is 5.92 Å². The second-order valence-electron chi connectivity index (χ2n) is 6.07. The summed E-state index contributed by atoms with van der Waals surface area (Å²) in [5.41, 5.74) is 1.28. The highest BCUT2D eigenvalue weighted by atomic mass is 16.2. The van der Waals surface area contributed by atoms with E-state index in [0.29, 0.717) is 11.8 Å². The van der Waals surface area contributed by atoms with E-state index >= 15 is 0 Å². The fraction of sp³-hybridized carbons (Fsp3) is 0.611. The molecule has 1 aliphatic rings. The summed E-state index contributed by atoms with van der Waals surface area (Å²) in [6.07, 6.45) is 4.18. The standard InChI is InChI=1S/C18H28N2O/c1-3-8-15-12-18(21)20(13-15)14-17(19-11-4-2)16-9-6-5-7-10-16/h5-7,9-10,15,17,19H,3-4,8,11-14H2,1-2H3. The first-order valence-corrected chi connectivity index (χ1v) is 8.30. The van der Waals surface area contributed by atoms with Gasteiger partial charge in [-0.3, -0.25) is 4.79 Å². The highest BCUT2D eigenvalue weighted by Gasteiger charge is 2.30. The van der Waals surface area contributed by atoms with Crippen molar-refractivity contribution in [3.63, 3.8) is 0 Å². The minimum Gasteiger partial charge on any atom is -0.340 e. The van der Waals surface area contributed by atoms with Crippen molar-refractivity contribution in [1.82, 2.24) is 10.2 Å². The van der Waals surface area contributed by atoms with E-state index in [0.717, 1.165) is 32.5 Å². The third kappa shape index (κ3) is 4.57. The smallest absolute Gasteiger partial charge is 0.222 e. The Balaban J connectivity index is 2.00. The highest BCUT2D eigenvalue weighted by molar-refractivity contribution is 5.78. The lowest BCUT2D eigenvalue weighted by atomic mass is 10.0. The zero-order valence-electron chi connectivity index (χ0n) is 13.3. The zero-order chi connectivity index (χ0) is 15.1. The Bertz CT molecular complexity index is 432. The molecule has 0 aliphatic carbocycles. The summed E-state index contributed by atoms with van der Waals surface area (Å²) < 4.78 is 0. The molecule has 2 unspecified atom stereocenters. The van der Waals surface area contributed by atoms with Crippen molar-refractivity contribution in [2.24, 2.45) is 5.92 Å². The van der Waals surface area contributed by atoms with Crippen molar-refractivity contribution in [3.8, 4) is 0 Å². The van der Waals surface area contributed by atoms with Crippen molar-refractivity contribution >= 4 is 5.91 Å². The molecular weight excluding hydrogens is 260 g/mol. The number of benzene rings is 1. The maximum Gasteiger partial charge on any atom is 0.222 e. The van der Waals surface area contributed by atoms with Crippen LogP contribution in [0.5, 0.6) is 0 Å². The summed E-state index contributed by atoms with van der Waals surface area (Å²) in [5.74, 6) is 0.887. The number of nitrogens with zero attached hydrogens (tertiary/aromatic N) is 1. The lowest BCUT2D eigenvalue weighted by molar-refractivity contribution is -0.128. The third-order valence-corrected chi connectivity index (χ3v) is 4.24. The van der Waals surface area contributed by atoms with Gasteiger partial charge in [-0.1, -0.05) is 50.6 Å². The van der Waals surface area contributed by atoms with Crippen molar-refractivity contribution in [3.05, 3.63) is 35.9 Å². The summed E-state index contributed by atoms with van der Waals surface area (Å²) >= 11 is 0. The maximum absolute atomic E-state index is 12.2. The molecule has 0 saturated carbocycles. The molecule has 1 fully saturated rings. The first-order chi connectivity index (χ1) is 10.2. The lowest BCUT2D eigenvalue weighted by Gasteiger charge is -2.25. The van der Waals surface area contributed by atoms with Crippen LogP contribution in [0.1, 0.15) is 51.1 Å². The second kappa shape index (κ2) is 8.18. The fourth-order valence-electron chi connectivity index (χ4n) is 3.14. The van der Waals surface area contributed by atoms with Crippen LogP contribution in [-0.4, -0.2) is 30.4 Å². The number of amides is 1. The van der Waals surface area contributed by atoms with Gasteiger partial charge in [0.1, 0.15) is 0 Å². The predicted octanol–water partition coefficient (Wildman–Crippen LogP) is 3.38. The van der Waals surface area contributed by atoms with Gasteiger partial charge in [-0.25, -0.2) is 0 Å². The Morgan fingerprint density at radius 3 is 2.67 bits per heavy atom. The van der Waals surface area contributed by atoms with Gasteiger partial charge in [-0.2, -0.15) is 0 Å². The van der Waals surface area contributed by atoms with Crippen molar-refractivity contribution in [2.45, 2.75) is 45.6 Å². The molecule has 21 heavy (non-hydrogen) atoms. The van der Waals surface area contributed by atoms with Gasteiger partial charge in [0.2, 0.25) is 5.91 Å². The van der Waals surface area contributed by atoms with E-state index < -0.39 is 0 Å². The summed E-state index contributed by atoms with van der Waals surface area (Å²) in [5, 5.41) is 3.59. The quantitative estimate of drug-likeness (QED) is 0.795. The molecule has 0 radical (unpaired) electrons. The van der Waals surface area contributed by atoms with Crippen molar-refractivity contribution < 1.29 is 4.79 Å². The largest absolute Gasteiger partial charge is 0.340 e. The molecule has 3 heteroatoms. The van der Waals surface area contributed by atoms with E-state index in [1.54, 1.807) is 0 Å². The van der Waals surface area contributed by atoms with Crippen LogP contribution in [0.3, 0.4) is 0 Å². The minimum absolute atomic E-state index is 0.246. The molecule has 1 heterocycles. The number of nitrogens with one attached hydrogen (secondary N) is 1. The normalized spacial score (nSPS) is 20.0. The van der Waals surface area contributed by atoms with Gasteiger partial charge >= 0.3 is 0 Å². The van der Waals surface area contributed by atoms with E-state index in [1.165, 1.54) is 18.4 Å². The molecule has 0 aromatic heterocycles. The molecule has 1 amide bonds. The molecule has 3 nitrogen and oxygen atoms in total. The minimum atomic E-state index is 0.246. The van der Waals surface area contributed by atoms with Gasteiger partial charge in [0.25, 0.3) is 0 Å². The Morgan fingerprint density at radius 1 is 1.24 bits per heavy atom. The highest BCUT2D eigenvalue weighted by Crippen LogP contribution is 2.24. The molecule has 1 N–H and O–H groups in total. The molecule has 2 rings (SSSR count). The molecule has 0 bridgehead atoms. The van der Waals surface area contributed by atoms with Crippen LogP contribution < -0.4 is 5.32 Å². The van der Waals surface area contributed by atoms with E-state index in [4.69, 9.17) is 0 Å². The number of rotatable bonds is 8. The fourth-order valence-corrected chi connectivity index (χ4v) is 3.14. The van der Waals surface area contributed by atoms with Crippen molar-refractivity contribution in [2.75, 3.05) is 19.6 Å². The lowest BCUT2D eigenvalue weighted by Crippen LogP contribution is -2.36. The monoisotopic (exact) mass is 288 g/mol. The van der Waals surface area contributed by atoms with Gasteiger partial charge < -0.3 is 10.2 Å². The first-order valence-electron chi connectivity index (χ1n) is 8.30. The molecule has 116 valence electrons. The second-order valence-corrected chi connectivity index (χ2v) is 6.07. The Hall–Kier alpha value is -1.35. The number of hydrogen-bond donors (Lipinski definition) is 1. The molecule has 1 aromatic carbocycles. The van der Waals surface area contributed by atoms with Gasteiger partial charge in [-0.15, -0.1) is 0 Å². The molecular formula is C18H28N2O.